The molecule has 0 aromatic rings. The van der Waals surface area contributed by atoms with Crippen LogP contribution in [-0.4, -0.2) is 6.21 Å². The van der Waals surface area contributed by atoms with Gasteiger partial charge in [-0.25, -0.2) is 5.16 Å². The summed E-state index contributed by atoms with van der Waals surface area (Å²) in [6, 6.07) is 0. The molecule has 0 saturated heterocycles. The molecule has 0 aromatic carbocycles. The molecule has 0 atom stereocenters. The highest BCUT2D eigenvalue weighted by molar-refractivity contribution is 5.61. The molecule has 4 bridgehead atoms. The maximum atomic E-state index is 10.5. The molecule has 0 amide bonds. The van der Waals surface area contributed by atoms with E-state index in [9.17, 15) is 5.21 Å². The Morgan fingerprint density at radius 3 is 1.85 bits per heavy atom. The van der Waals surface area contributed by atoms with Crippen molar-refractivity contribution in [2.24, 2.45) is 23.2 Å². The molecule has 2 heteroatoms. The molecule has 72 valence electrons. The Bertz CT molecular complexity index is 211. The summed E-state index contributed by atoms with van der Waals surface area (Å²) in [5.41, 5.74) is 0.302. The molecule has 4 rings (SSSR count). The number of rotatable bonds is 1. The van der Waals surface area contributed by atoms with Crippen molar-refractivity contribution in [1.29, 1.82) is 0 Å². The van der Waals surface area contributed by atoms with Crippen LogP contribution in [0.5, 0.6) is 0 Å². The highest BCUT2D eigenvalue weighted by Crippen LogP contribution is 2.58. The van der Waals surface area contributed by atoms with Crippen LogP contribution in [-0.2, 0) is 0 Å². The maximum absolute atomic E-state index is 10.5. The molecule has 4 aliphatic rings. The van der Waals surface area contributed by atoms with E-state index in [1.54, 1.807) is 0 Å². The van der Waals surface area contributed by atoms with E-state index in [-0.39, 0.29) is 0 Å². The van der Waals surface area contributed by atoms with Gasteiger partial charge in [-0.05, 0) is 56.3 Å². The third-order valence-corrected chi connectivity index (χ3v) is 4.45. The molecule has 4 fully saturated rings. The van der Waals surface area contributed by atoms with Crippen molar-refractivity contribution in [3.8, 4) is 0 Å². The lowest BCUT2D eigenvalue weighted by molar-refractivity contribution is -0.374. The van der Waals surface area contributed by atoms with Gasteiger partial charge in [-0.3, -0.25) is 0 Å². The van der Waals surface area contributed by atoms with Gasteiger partial charge < -0.3 is 5.21 Å². The SMILES string of the molecule is [O-][NH+]=CC12CC3CC(CC(C3)C1)C2. The van der Waals surface area contributed by atoms with Crippen molar-refractivity contribution in [2.75, 3.05) is 0 Å². The molecule has 13 heavy (non-hydrogen) atoms. The van der Waals surface area contributed by atoms with Gasteiger partial charge in [-0.1, -0.05) is 0 Å². The standard InChI is InChI=1S/C11H17NO/c13-12-7-11-4-8-1-9(5-11)3-10(2-8)6-11/h7-10,12H,1-6H2. The van der Waals surface area contributed by atoms with Crippen LogP contribution in [0.2, 0.25) is 0 Å². The van der Waals surface area contributed by atoms with Crippen LogP contribution in [0.1, 0.15) is 38.5 Å². The van der Waals surface area contributed by atoms with E-state index in [1.165, 1.54) is 38.5 Å². The monoisotopic (exact) mass is 179 g/mol. The van der Waals surface area contributed by atoms with Crippen molar-refractivity contribution in [1.82, 2.24) is 0 Å². The minimum absolute atomic E-state index is 0.302. The first-order valence-electron chi connectivity index (χ1n) is 5.52. The molecule has 0 radical (unpaired) electrons. The molecule has 4 aliphatic carbocycles. The fourth-order valence-electron chi connectivity index (χ4n) is 4.48. The van der Waals surface area contributed by atoms with Crippen LogP contribution in [0.3, 0.4) is 0 Å². The lowest BCUT2D eigenvalue weighted by Gasteiger charge is -2.54. The molecule has 0 unspecified atom stereocenters. The fraction of sp³-hybridized carbons (Fsp3) is 0.909. The molecular weight excluding hydrogens is 162 g/mol. The van der Waals surface area contributed by atoms with E-state index in [4.69, 9.17) is 0 Å². The molecule has 2 nitrogen and oxygen atoms in total. The molecule has 0 aromatic heterocycles. The van der Waals surface area contributed by atoms with E-state index >= 15 is 0 Å². The summed E-state index contributed by atoms with van der Waals surface area (Å²) in [6.45, 7) is 0. The van der Waals surface area contributed by atoms with Crippen LogP contribution >= 0.6 is 0 Å². The molecule has 0 heterocycles. The van der Waals surface area contributed by atoms with E-state index in [0.717, 1.165) is 17.8 Å². The average Bonchev–Trinajstić information content (AvgIpc) is 2.00. The molecule has 1 N–H and O–H groups in total. The first-order chi connectivity index (χ1) is 6.30. The van der Waals surface area contributed by atoms with Crippen LogP contribution in [0.25, 0.3) is 0 Å². The lowest BCUT2D eigenvalue weighted by Crippen LogP contribution is -2.65. The maximum Gasteiger partial charge on any atom is 0.155 e. The Labute approximate surface area is 79.0 Å². The smallest absolute Gasteiger partial charge is 0.155 e. The first-order valence-corrected chi connectivity index (χ1v) is 5.52. The summed E-state index contributed by atoms with van der Waals surface area (Å²) >= 11 is 0. The normalized spacial score (nSPS) is 53.4. The van der Waals surface area contributed by atoms with Gasteiger partial charge >= 0.3 is 0 Å². The van der Waals surface area contributed by atoms with Gasteiger partial charge in [0.2, 0.25) is 0 Å². The van der Waals surface area contributed by atoms with Crippen LogP contribution < -0.4 is 5.16 Å². The van der Waals surface area contributed by atoms with Gasteiger partial charge in [0.15, 0.2) is 6.21 Å². The molecular formula is C11H17NO. The van der Waals surface area contributed by atoms with Crippen molar-refractivity contribution in [3.63, 3.8) is 0 Å². The van der Waals surface area contributed by atoms with Crippen LogP contribution in [0, 0.1) is 28.4 Å². The molecule has 0 aliphatic heterocycles. The van der Waals surface area contributed by atoms with E-state index in [2.05, 4.69) is 0 Å². The van der Waals surface area contributed by atoms with E-state index in [0.29, 0.717) is 5.41 Å². The van der Waals surface area contributed by atoms with Gasteiger partial charge in [0, 0.05) is 5.41 Å². The van der Waals surface area contributed by atoms with Crippen molar-refractivity contribution < 1.29 is 5.16 Å². The number of nitrogens with one attached hydrogen (secondary N) is 1. The first kappa shape index (κ1) is 7.84. The Morgan fingerprint density at radius 1 is 1.00 bits per heavy atom. The Kier molecular flexibility index (Phi) is 1.50. The predicted molar refractivity (Wildman–Crippen MR) is 51.0 cm³/mol. The van der Waals surface area contributed by atoms with E-state index < -0.39 is 0 Å². The summed E-state index contributed by atoms with van der Waals surface area (Å²) in [5, 5.41) is 12.6. The summed E-state index contributed by atoms with van der Waals surface area (Å²) < 4.78 is 0. The van der Waals surface area contributed by atoms with Gasteiger partial charge in [0.05, 0.1) is 0 Å². The number of hydrogen-bond donors (Lipinski definition) is 1. The third kappa shape index (κ3) is 1.11. The third-order valence-electron chi connectivity index (χ3n) is 4.45. The van der Waals surface area contributed by atoms with Gasteiger partial charge in [0.25, 0.3) is 0 Å². The zero-order valence-electron chi connectivity index (χ0n) is 7.96. The van der Waals surface area contributed by atoms with Crippen molar-refractivity contribution >= 4 is 6.21 Å². The fourth-order valence-corrected chi connectivity index (χ4v) is 4.48. The van der Waals surface area contributed by atoms with Crippen LogP contribution in [0.15, 0.2) is 0 Å². The second-order valence-electron chi connectivity index (χ2n) is 5.54. The topological polar surface area (TPSA) is 37.0 Å². The quantitative estimate of drug-likeness (QED) is 0.362. The molecule has 4 saturated carbocycles. The average molecular weight is 179 g/mol. The Morgan fingerprint density at radius 2 is 1.46 bits per heavy atom. The lowest BCUT2D eigenvalue weighted by atomic mass is 9.50. The summed E-state index contributed by atoms with van der Waals surface area (Å²) in [7, 11) is 0. The zero-order chi connectivity index (χ0) is 8.89. The molecule has 0 spiro atoms. The second-order valence-corrected chi connectivity index (χ2v) is 5.54. The minimum Gasteiger partial charge on any atom is -0.626 e. The van der Waals surface area contributed by atoms with Gasteiger partial charge in [-0.2, -0.15) is 0 Å². The van der Waals surface area contributed by atoms with Crippen LogP contribution in [0.4, 0.5) is 0 Å². The summed E-state index contributed by atoms with van der Waals surface area (Å²) in [5.74, 6) is 2.82. The zero-order valence-corrected chi connectivity index (χ0v) is 7.96. The summed E-state index contributed by atoms with van der Waals surface area (Å²) in [4.78, 5) is 0. The highest BCUT2D eigenvalue weighted by atomic mass is 16.4. The van der Waals surface area contributed by atoms with Crippen molar-refractivity contribution in [2.45, 2.75) is 38.5 Å². The predicted octanol–water partition coefficient (Wildman–Crippen LogP) is 0.852. The minimum atomic E-state index is 0.302. The largest absolute Gasteiger partial charge is 0.626 e. The van der Waals surface area contributed by atoms with Gasteiger partial charge in [-0.15, -0.1) is 0 Å². The van der Waals surface area contributed by atoms with Crippen molar-refractivity contribution in [3.05, 3.63) is 5.21 Å². The number of hydrogen-bond acceptors (Lipinski definition) is 1. The Balaban J connectivity index is 1.91. The summed E-state index contributed by atoms with van der Waals surface area (Å²) in [6.07, 6.45) is 10.1. The second kappa shape index (κ2) is 2.49. The van der Waals surface area contributed by atoms with Gasteiger partial charge in [0.1, 0.15) is 0 Å². The highest BCUT2D eigenvalue weighted by Gasteiger charge is 2.51. The Hall–Kier alpha value is -0.530. The van der Waals surface area contributed by atoms with E-state index in [1.807, 2.05) is 11.4 Å².